The van der Waals surface area contributed by atoms with Gasteiger partial charge >= 0.3 is 0 Å². The molecular formula is C18H10Br2ClNO5S. The van der Waals surface area contributed by atoms with E-state index in [0.717, 1.165) is 21.1 Å². The average Bonchev–Trinajstić information content (AvgIpc) is 3.18. The van der Waals surface area contributed by atoms with Crippen LogP contribution in [0.5, 0.6) is 17.2 Å². The fourth-order valence-electron chi connectivity index (χ4n) is 2.72. The number of aromatic hydroxyl groups is 1. The molecule has 0 aliphatic carbocycles. The summed E-state index contributed by atoms with van der Waals surface area (Å²) in [7, 11) is 0. The van der Waals surface area contributed by atoms with Crippen molar-refractivity contribution >= 4 is 72.4 Å². The molecule has 2 aromatic carbocycles. The van der Waals surface area contributed by atoms with Gasteiger partial charge in [-0.2, -0.15) is 0 Å². The number of hydrogen-bond acceptors (Lipinski definition) is 6. The largest absolute Gasteiger partial charge is 0.506 e. The monoisotopic (exact) mass is 545 g/mol. The Morgan fingerprint density at radius 1 is 1.18 bits per heavy atom. The van der Waals surface area contributed by atoms with Gasteiger partial charge in [-0.3, -0.25) is 14.5 Å². The predicted octanol–water partition coefficient (Wildman–Crippen LogP) is 5.54. The van der Waals surface area contributed by atoms with Crippen molar-refractivity contribution in [3.63, 3.8) is 0 Å². The number of carbonyl (C=O) groups is 2. The molecule has 0 atom stereocenters. The number of hydrogen-bond donors (Lipinski definition) is 1. The zero-order valence-electron chi connectivity index (χ0n) is 13.9. The van der Waals surface area contributed by atoms with E-state index in [1.807, 2.05) is 0 Å². The van der Waals surface area contributed by atoms with Crippen LogP contribution in [0.4, 0.5) is 4.79 Å². The van der Waals surface area contributed by atoms with Crippen molar-refractivity contribution in [1.82, 2.24) is 4.90 Å². The highest BCUT2D eigenvalue weighted by Crippen LogP contribution is 2.40. The smallest absolute Gasteiger partial charge is 0.293 e. The molecule has 0 bridgehead atoms. The molecule has 2 heterocycles. The number of benzene rings is 2. The van der Waals surface area contributed by atoms with Crippen molar-refractivity contribution in [3.8, 4) is 17.2 Å². The number of halogens is 3. The molecule has 1 fully saturated rings. The van der Waals surface area contributed by atoms with Crippen LogP contribution in [0.25, 0.3) is 6.08 Å². The van der Waals surface area contributed by atoms with Gasteiger partial charge in [0.05, 0.1) is 15.9 Å². The van der Waals surface area contributed by atoms with E-state index in [9.17, 15) is 14.7 Å². The molecule has 0 radical (unpaired) electrons. The normalized spacial score (nSPS) is 17.1. The summed E-state index contributed by atoms with van der Waals surface area (Å²) in [5.74, 6) is 0.567. The SMILES string of the molecule is O=C1S/C(=C\c2cc(Br)cc(Br)c2O)C(=O)N1Cc1cc2c(cc1Cl)OCO2. The minimum atomic E-state index is -0.459. The molecule has 2 aliphatic rings. The first-order valence-electron chi connectivity index (χ1n) is 7.85. The first-order chi connectivity index (χ1) is 13.3. The number of phenols is 1. The van der Waals surface area contributed by atoms with E-state index in [4.69, 9.17) is 21.1 Å². The second-order valence-corrected chi connectivity index (χ2v) is 9.06. The maximum Gasteiger partial charge on any atom is 0.293 e. The van der Waals surface area contributed by atoms with E-state index in [2.05, 4.69) is 31.9 Å². The maximum atomic E-state index is 12.8. The lowest BCUT2D eigenvalue weighted by molar-refractivity contribution is -0.123. The van der Waals surface area contributed by atoms with Crippen molar-refractivity contribution in [2.45, 2.75) is 6.54 Å². The molecule has 1 saturated heterocycles. The third-order valence-electron chi connectivity index (χ3n) is 4.09. The van der Waals surface area contributed by atoms with Crippen molar-refractivity contribution in [1.29, 1.82) is 0 Å². The Morgan fingerprint density at radius 2 is 1.89 bits per heavy atom. The average molecular weight is 548 g/mol. The molecule has 10 heteroatoms. The molecule has 2 amide bonds. The first kappa shape index (κ1) is 19.6. The summed E-state index contributed by atoms with van der Waals surface area (Å²) < 4.78 is 11.8. The Morgan fingerprint density at radius 3 is 2.64 bits per heavy atom. The summed E-state index contributed by atoms with van der Waals surface area (Å²) in [6.45, 7) is 0.108. The highest BCUT2D eigenvalue weighted by molar-refractivity contribution is 9.11. The van der Waals surface area contributed by atoms with Crippen molar-refractivity contribution in [2.75, 3.05) is 6.79 Å². The topological polar surface area (TPSA) is 76.1 Å². The molecule has 144 valence electrons. The molecule has 0 saturated carbocycles. The molecule has 0 spiro atoms. The van der Waals surface area contributed by atoms with Crippen LogP contribution < -0.4 is 9.47 Å². The predicted molar refractivity (Wildman–Crippen MR) is 113 cm³/mol. The quantitative estimate of drug-likeness (QED) is 0.509. The van der Waals surface area contributed by atoms with E-state index >= 15 is 0 Å². The van der Waals surface area contributed by atoms with Crippen molar-refractivity contribution in [3.05, 3.63) is 54.3 Å². The van der Waals surface area contributed by atoms with E-state index < -0.39 is 11.1 Å². The third kappa shape index (κ3) is 3.63. The van der Waals surface area contributed by atoms with Gasteiger partial charge in [-0.1, -0.05) is 27.5 Å². The Bertz CT molecular complexity index is 1060. The second kappa shape index (κ2) is 7.62. The third-order valence-corrected chi connectivity index (χ3v) is 6.41. The van der Waals surface area contributed by atoms with E-state index in [-0.39, 0.29) is 24.0 Å². The molecule has 6 nitrogen and oxygen atoms in total. The molecular weight excluding hydrogens is 538 g/mol. The zero-order valence-corrected chi connectivity index (χ0v) is 18.6. The van der Waals surface area contributed by atoms with Gasteiger partial charge in [0.2, 0.25) is 6.79 Å². The Hall–Kier alpha value is -1.68. The van der Waals surface area contributed by atoms with Crippen LogP contribution in [0.3, 0.4) is 0 Å². The highest BCUT2D eigenvalue weighted by atomic mass is 79.9. The van der Waals surface area contributed by atoms with Crippen LogP contribution in [0.15, 0.2) is 38.1 Å². The molecule has 0 unspecified atom stereocenters. The Kier molecular flexibility index (Phi) is 5.34. The van der Waals surface area contributed by atoms with Gasteiger partial charge in [0, 0.05) is 21.1 Å². The van der Waals surface area contributed by atoms with Gasteiger partial charge < -0.3 is 14.6 Å². The van der Waals surface area contributed by atoms with Crippen LogP contribution in [-0.2, 0) is 11.3 Å². The highest BCUT2D eigenvalue weighted by Gasteiger charge is 2.36. The molecule has 28 heavy (non-hydrogen) atoms. The van der Waals surface area contributed by atoms with E-state index in [1.54, 1.807) is 24.3 Å². The standard InChI is InChI=1S/C18H10Br2ClNO5S/c19-10-1-8(16(23)11(20)4-10)3-15-17(24)22(18(25)28-15)6-9-2-13-14(5-12(9)21)27-7-26-13/h1-5,23H,6-7H2/b15-3-. The number of amides is 2. The lowest BCUT2D eigenvalue weighted by Gasteiger charge is -2.14. The zero-order chi connectivity index (χ0) is 20.0. The summed E-state index contributed by atoms with van der Waals surface area (Å²) in [4.78, 5) is 26.5. The van der Waals surface area contributed by atoms with Gasteiger partial charge in [0.15, 0.2) is 11.5 Å². The molecule has 0 aromatic heterocycles. The number of nitrogens with zero attached hydrogens (tertiary/aromatic N) is 1. The summed E-state index contributed by atoms with van der Waals surface area (Å²) in [6.07, 6.45) is 1.48. The number of ether oxygens (including phenoxy) is 2. The molecule has 1 N–H and O–H groups in total. The summed E-state index contributed by atoms with van der Waals surface area (Å²) >= 11 is 13.6. The van der Waals surface area contributed by atoms with E-state index in [1.165, 1.54) is 6.08 Å². The van der Waals surface area contributed by atoms with Crippen molar-refractivity contribution in [2.24, 2.45) is 0 Å². The fourth-order valence-corrected chi connectivity index (χ4v) is 5.03. The van der Waals surface area contributed by atoms with Crippen LogP contribution in [0.1, 0.15) is 11.1 Å². The van der Waals surface area contributed by atoms with E-state index in [0.29, 0.717) is 32.1 Å². The molecule has 2 aromatic rings. The van der Waals surface area contributed by atoms with Gasteiger partial charge in [-0.25, -0.2) is 0 Å². The van der Waals surface area contributed by atoms with Crippen LogP contribution >= 0.6 is 55.2 Å². The van der Waals surface area contributed by atoms with Gasteiger partial charge in [-0.05, 0) is 57.5 Å². The van der Waals surface area contributed by atoms with Gasteiger partial charge in [0.1, 0.15) is 5.75 Å². The Labute approximate surface area is 185 Å². The van der Waals surface area contributed by atoms with Crippen LogP contribution in [0.2, 0.25) is 5.02 Å². The number of rotatable bonds is 3. The second-order valence-electron chi connectivity index (χ2n) is 5.89. The minimum Gasteiger partial charge on any atom is -0.506 e. The number of phenolic OH excluding ortho intramolecular Hbond substituents is 1. The number of thioether (sulfide) groups is 1. The van der Waals surface area contributed by atoms with Gasteiger partial charge in [-0.15, -0.1) is 0 Å². The number of carbonyl (C=O) groups excluding carboxylic acids is 2. The van der Waals surface area contributed by atoms with Crippen LogP contribution in [-0.4, -0.2) is 27.9 Å². The fraction of sp³-hybridized carbons (Fsp3) is 0.111. The van der Waals surface area contributed by atoms with Crippen LogP contribution in [0, 0.1) is 0 Å². The summed E-state index contributed by atoms with van der Waals surface area (Å²) in [5.41, 5.74) is 0.982. The lowest BCUT2D eigenvalue weighted by atomic mass is 10.1. The Balaban J connectivity index is 1.62. The number of fused-ring (bicyclic) bond motifs is 1. The summed E-state index contributed by atoms with van der Waals surface area (Å²) in [6, 6.07) is 6.60. The molecule has 4 rings (SSSR count). The summed E-state index contributed by atoms with van der Waals surface area (Å²) in [5, 5.41) is 10.1. The van der Waals surface area contributed by atoms with Gasteiger partial charge in [0.25, 0.3) is 11.1 Å². The first-order valence-corrected chi connectivity index (χ1v) is 10.6. The van der Waals surface area contributed by atoms with Crippen molar-refractivity contribution < 1.29 is 24.2 Å². The number of imide groups is 1. The maximum absolute atomic E-state index is 12.8. The lowest BCUT2D eigenvalue weighted by Crippen LogP contribution is -2.27. The molecule has 2 aliphatic heterocycles. The minimum absolute atomic E-state index is 0.00560.